The highest BCUT2D eigenvalue weighted by atomic mass is 19.4. The highest BCUT2D eigenvalue weighted by Gasteiger charge is 2.31. The molecule has 5 rings (SSSR count). The number of benzene rings is 3. The van der Waals surface area contributed by atoms with Gasteiger partial charge in [-0.15, -0.1) is 13.2 Å². The van der Waals surface area contributed by atoms with E-state index in [-0.39, 0.29) is 11.3 Å². The topological polar surface area (TPSA) is 49.1 Å². The lowest BCUT2D eigenvalue weighted by molar-refractivity contribution is -0.274. The summed E-state index contributed by atoms with van der Waals surface area (Å²) in [6.45, 7) is 0.569. The van der Waals surface area contributed by atoms with Crippen molar-refractivity contribution in [1.29, 1.82) is 0 Å². The van der Waals surface area contributed by atoms with Crippen LogP contribution in [0.5, 0.6) is 5.75 Å². The van der Waals surface area contributed by atoms with Crippen molar-refractivity contribution < 1.29 is 17.9 Å². The smallest absolute Gasteiger partial charge is 0.406 e. The van der Waals surface area contributed by atoms with Gasteiger partial charge in [0.2, 0.25) is 0 Å². The van der Waals surface area contributed by atoms with Crippen LogP contribution in [0.2, 0.25) is 0 Å². The maximum Gasteiger partial charge on any atom is 0.573 e. The lowest BCUT2D eigenvalue weighted by atomic mass is 10.2. The normalized spacial score (nSPS) is 11.8. The summed E-state index contributed by atoms with van der Waals surface area (Å²) < 4.78 is 44.4. The van der Waals surface area contributed by atoms with E-state index in [0.29, 0.717) is 23.3 Å². The number of rotatable bonds is 4. The van der Waals surface area contributed by atoms with Gasteiger partial charge >= 0.3 is 6.36 Å². The van der Waals surface area contributed by atoms with Gasteiger partial charge in [-0.05, 0) is 35.9 Å². The molecule has 0 N–H and O–H groups in total. The molecule has 0 fully saturated rings. The van der Waals surface area contributed by atoms with Crippen molar-refractivity contribution in [2.24, 2.45) is 0 Å². The third-order valence-corrected chi connectivity index (χ3v) is 5.15. The standard InChI is InChI=1S/C24H16F3N3O2/c25-24(26,27)32-18-12-10-17(11-13-18)30-22(31)14-21-23(28-30)19-8-4-5-9-20(19)29(21)15-16-6-2-1-3-7-16/h1-14H,15H2. The van der Waals surface area contributed by atoms with Crippen LogP contribution in [0, 0.1) is 0 Å². The Bertz CT molecular complexity index is 1470. The summed E-state index contributed by atoms with van der Waals surface area (Å²) >= 11 is 0. The molecule has 0 bridgehead atoms. The number of ether oxygens (including phenoxy) is 1. The zero-order valence-electron chi connectivity index (χ0n) is 16.6. The van der Waals surface area contributed by atoms with Crippen molar-refractivity contribution in [3.8, 4) is 11.4 Å². The first-order valence-corrected chi connectivity index (χ1v) is 9.80. The summed E-state index contributed by atoms with van der Waals surface area (Å²) in [5.41, 5.74) is 3.29. The van der Waals surface area contributed by atoms with Crippen molar-refractivity contribution in [2.45, 2.75) is 12.9 Å². The number of hydrogen-bond acceptors (Lipinski definition) is 3. The number of hydrogen-bond donors (Lipinski definition) is 0. The second-order valence-corrected chi connectivity index (χ2v) is 7.26. The molecule has 0 unspecified atom stereocenters. The van der Waals surface area contributed by atoms with Crippen molar-refractivity contribution in [2.75, 3.05) is 0 Å². The van der Waals surface area contributed by atoms with Crippen molar-refractivity contribution >= 4 is 21.9 Å². The number of alkyl halides is 3. The predicted octanol–water partition coefficient (Wildman–Crippen LogP) is 5.29. The molecule has 0 aliphatic rings. The van der Waals surface area contributed by atoms with Gasteiger partial charge in [0.15, 0.2) is 0 Å². The summed E-state index contributed by atoms with van der Waals surface area (Å²) in [5, 5.41) is 5.44. The van der Waals surface area contributed by atoms with Gasteiger partial charge in [0, 0.05) is 18.0 Å². The zero-order chi connectivity index (χ0) is 22.3. The fourth-order valence-corrected chi connectivity index (χ4v) is 3.79. The molecular weight excluding hydrogens is 419 g/mol. The molecule has 0 atom stereocenters. The molecule has 2 heterocycles. The van der Waals surface area contributed by atoms with E-state index in [0.717, 1.165) is 28.6 Å². The molecule has 160 valence electrons. The first-order valence-electron chi connectivity index (χ1n) is 9.80. The van der Waals surface area contributed by atoms with E-state index >= 15 is 0 Å². The number of fused-ring (bicyclic) bond motifs is 3. The van der Waals surface area contributed by atoms with Gasteiger partial charge in [-0.3, -0.25) is 4.79 Å². The van der Waals surface area contributed by atoms with Crippen LogP contribution >= 0.6 is 0 Å². The maximum absolute atomic E-state index is 12.9. The molecule has 3 aromatic carbocycles. The molecular formula is C24H16F3N3O2. The largest absolute Gasteiger partial charge is 0.573 e. The highest BCUT2D eigenvalue weighted by molar-refractivity contribution is 6.05. The molecule has 0 aliphatic carbocycles. The van der Waals surface area contributed by atoms with Gasteiger partial charge in [0.25, 0.3) is 5.56 Å². The lowest BCUT2D eigenvalue weighted by Crippen LogP contribution is -2.21. The zero-order valence-corrected chi connectivity index (χ0v) is 16.6. The van der Waals surface area contributed by atoms with Crippen molar-refractivity contribution in [3.05, 3.63) is 101 Å². The van der Waals surface area contributed by atoms with E-state index in [2.05, 4.69) is 9.84 Å². The van der Waals surface area contributed by atoms with Crippen molar-refractivity contribution in [1.82, 2.24) is 14.3 Å². The Morgan fingerprint density at radius 2 is 1.53 bits per heavy atom. The fraction of sp³-hybridized carbons (Fsp3) is 0.0833. The minimum Gasteiger partial charge on any atom is -0.406 e. The first kappa shape index (κ1) is 19.9. The molecule has 8 heteroatoms. The van der Waals surface area contributed by atoms with Gasteiger partial charge in [0.05, 0.1) is 16.7 Å². The quantitative estimate of drug-likeness (QED) is 0.386. The molecule has 0 spiro atoms. The molecule has 5 aromatic rings. The molecule has 0 saturated carbocycles. The number of nitrogens with zero attached hydrogens (tertiary/aromatic N) is 3. The molecule has 0 radical (unpaired) electrons. The minimum atomic E-state index is -4.78. The molecule has 32 heavy (non-hydrogen) atoms. The SMILES string of the molecule is O=c1cc2c(nn1-c1ccc(OC(F)(F)F)cc1)c1ccccc1n2Cc1ccccc1. The van der Waals surface area contributed by atoms with Crippen LogP contribution in [0.1, 0.15) is 5.56 Å². The number of aromatic nitrogens is 3. The third kappa shape index (κ3) is 3.71. The van der Waals surface area contributed by atoms with Crippen LogP contribution in [0.25, 0.3) is 27.6 Å². The Kier molecular flexibility index (Phi) is 4.70. The van der Waals surface area contributed by atoms with Crippen molar-refractivity contribution in [3.63, 3.8) is 0 Å². The van der Waals surface area contributed by atoms with Crippen LogP contribution in [0.15, 0.2) is 89.7 Å². The van der Waals surface area contributed by atoms with Gasteiger partial charge in [-0.25, -0.2) is 0 Å². The van der Waals surface area contributed by atoms with Gasteiger partial charge in [-0.2, -0.15) is 9.78 Å². The van der Waals surface area contributed by atoms with E-state index in [1.54, 1.807) is 0 Å². The van der Waals surface area contributed by atoms with E-state index in [1.165, 1.54) is 22.9 Å². The summed E-state index contributed by atoms with van der Waals surface area (Å²) in [7, 11) is 0. The second-order valence-electron chi connectivity index (χ2n) is 7.26. The fourth-order valence-electron chi connectivity index (χ4n) is 3.79. The Hall–Kier alpha value is -4.07. The minimum absolute atomic E-state index is 0.339. The van der Waals surface area contributed by atoms with Crippen LogP contribution < -0.4 is 10.3 Å². The second kappa shape index (κ2) is 7.56. The Balaban J connectivity index is 1.64. The predicted molar refractivity (Wildman–Crippen MR) is 115 cm³/mol. The maximum atomic E-state index is 12.9. The Morgan fingerprint density at radius 1 is 0.844 bits per heavy atom. The number of halogens is 3. The molecule has 2 aromatic heterocycles. The summed E-state index contributed by atoms with van der Waals surface area (Å²) in [6, 6.07) is 24.2. The van der Waals surface area contributed by atoms with Gasteiger partial charge < -0.3 is 9.30 Å². The van der Waals surface area contributed by atoms with Crippen LogP contribution in [-0.2, 0) is 6.54 Å². The monoisotopic (exact) mass is 435 g/mol. The van der Waals surface area contributed by atoms with E-state index in [4.69, 9.17) is 0 Å². The number of para-hydroxylation sites is 1. The Labute approximate surface area is 179 Å². The van der Waals surface area contributed by atoms with E-state index in [9.17, 15) is 18.0 Å². The van der Waals surface area contributed by atoms with E-state index < -0.39 is 6.36 Å². The summed E-state index contributed by atoms with van der Waals surface area (Å²) in [4.78, 5) is 12.9. The van der Waals surface area contributed by atoms with Crippen LogP contribution in [0.4, 0.5) is 13.2 Å². The van der Waals surface area contributed by atoms with Gasteiger partial charge in [0.1, 0.15) is 11.3 Å². The van der Waals surface area contributed by atoms with Gasteiger partial charge in [-0.1, -0.05) is 48.5 Å². The van der Waals surface area contributed by atoms with Crippen LogP contribution in [0.3, 0.4) is 0 Å². The van der Waals surface area contributed by atoms with E-state index in [1.807, 2.05) is 59.2 Å². The molecule has 5 nitrogen and oxygen atoms in total. The average molecular weight is 435 g/mol. The third-order valence-electron chi connectivity index (χ3n) is 5.15. The average Bonchev–Trinajstić information content (AvgIpc) is 3.06. The Morgan fingerprint density at radius 3 is 2.25 bits per heavy atom. The first-order chi connectivity index (χ1) is 15.4. The summed E-state index contributed by atoms with van der Waals surface area (Å²) in [6.07, 6.45) is -4.78. The highest BCUT2D eigenvalue weighted by Crippen LogP contribution is 2.28. The lowest BCUT2D eigenvalue weighted by Gasteiger charge is -2.10. The summed E-state index contributed by atoms with van der Waals surface area (Å²) in [5.74, 6) is -0.366. The molecule has 0 saturated heterocycles. The molecule has 0 amide bonds. The molecule has 0 aliphatic heterocycles. The van der Waals surface area contributed by atoms with Crippen LogP contribution in [-0.4, -0.2) is 20.7 Å².